The van der Waals surface area contributed by atoms with Crippen LogP contribution in [-0.2, 0) is 11.3 Å². The molecule has 0 bridgehead atoms. The lowest BCUT2D eigenvalue weighted by Crippen LogP contribution is -2.35. The van der Waals surface area contributed by atoms with Crippen molar-refractivity contribution in [3.05, 3.63) is 35.1 Å². The molecule has 1 atom stereocenters. The van der Waals surface area contributed by atoms with Crippen molar-refractivity contribution in [2.45, 2.75) is 32.9 Å². The Hall–Kier alpha value is -1.41. The molecule has 0 heterocycles. The maximum atomic E-state index is 14.1. The minimum Gasteiger partial charge on any atom is -0.384 e. The Morgan fingerprint density at radius 2 is 2.19 bits per heavy atom. The molecule has 0 amide bonds. The molecule has 0 fully saturated rings. The van der Waals surface area contributed by atoms with E-state index in [1.54, 1.807) is 19.2 Å². The number of aliphatic hydroxyl groups is 1. The number of methoxy groups -OCH3 is 1. The predicted octanol–water partition coefficient (Wildman–Crippen LogP) is 2.42. The van der Waals surface area contributed by atoms with Crippen LogP contribution in [0.3, 0.4) is 0 Å². The molecule has 3 nitrogen and oxygen atoms in total. The van der Waals surface area contributed by atoms with E-state index in [1.165, 1.54) is 6.07 Å². The third kappa shape index (κ3) is 5.84. The number of nitrogens with zero attached hydrogens (tertiary/aromatic N) is 1. The molecular formula is C17H24FNO2. The molecule has 21 heavy (non-hydrogen) atoms. The summed E-state index contributed by atoms with van der Waals surface area (Å²) < 4.78 is 19.3. The van der Waals surface area contributed by atoms with Crippen molar-refractivity contribution in [1.82, 2.24) is 4.90 Å². The third-order valence-corrected chi connectivity index (χ3v) is 3.54. The van der Waals surface area contributed by atoms with E-state index in [2.05, 4.69) is 30.6 Å². The first-order chi connectivity index (χ1) is 10.1. The number of halogens is 1. The van der Waals surface area contributed by atoms with E-state index >= 15 is 0 Å². The minimum atomic E-state index is -0.259. The van der Waals surface area contributed by atoms with E-state index in [0.29, 0.717) is 30.3 Å². The van der Waals surface area contributed by atoms with Crippen LogP contribution in [0.1, 0.15) is 31.4 Å². The SMILES string of the molecule is CCC(C)N(CCOC)Cc1ccc(C#CCO)cc1F. The lowest BCUT2D eigenvalue weighted by molar-refractivity contribution is 0.117. The van der Waals surface area contributed by atoms with Crippen LogP contribution < -0.4 is 0 Å². The number of benzene rings is 1. The van der Waals surface area contributed by atoms with Crippen LogP contribution in [0.25, 0.3) is 0 Å². The zero-order valence-corrected chi connectivity index (χ0v) is 13.0. The molecule has 0 spiro atoms. The van der Waals surface area contributed by atoms with Crippen LogP contribution in [0.2, 0.25) is 0 Å². The van der Waals surface area contributed by atoms with Gasteiger partial charge in [0.15, 0.2) is 0 Å². The summed E-state index contributed by atoms with van der Waals surface area (Å²) in [4.78, 5) is 2.21. The van der Waals surface area contributed by atoms with Crippen LogP contribution in [0.5, 0.6) is 0 Å². The largest absolute Gasteiger partial charge is 0.384 e. The molecule has 1 rings (SSSR count). The van der Waals surface area contributed by atoms with Crippen LogP contribution >= 0.6 is 0 Å². The molecule has 1 aromatic carbocycles. The molecule has 0 saturated carbocycles. The molecule has 0 aliphatic heterocycles. The molecule has 1 aromatic rings. The highest BCUT2D eigenvalue weighted by molar-refractivity contribution is 5.37. The Morgan fingerprint density at radius 1 is 1.43 bits per heavy atom. The fourth-order valence-electron chi connectivity index (χ4n) is 2.04. The highest BCUT2D eigenvalue weighted by Crippen LogP contribution is 2.15. The van der Waals surface area contributed by atoms with Crippen molar-refractivity contribution in [3.63, 3.8) is 0 Å². The van der Waals surface area contributed by atoms with Crippen LogP contribution in [0.4, 0.5) is 4.39 Å². The van der Waals surface area contributed by atoms with Gasteiger partial charge >= 0.3 is 0 Å². The van der Waals surface area contributed by atoms with E-state index in [1.807, 2.05) is 0 Å². The third-order valence-electron chi connectivity index (χ3n) is 3.54. The Labute approximate surface area is 126 Å². The zero-order chi connectivity index (χ0) is 15.7. The smallest absolute Gasteiger partial charge is 0.128 e. The van der Waals surface area contributed by atoms with Crippen molar-refractivity contribution in [1.29, 1.82) is 0 Å². The van der Waals surface area contributed by atoms with Crippen LogP contribution in [0.15, 0.2) is 18.2 Å². The fourth-order valence-corrected chi connectivity index (χ4v) is 2.04. The molecular weight excluding hydrogens is 269 g/mol. The summed E-state index contributed by atoms with van der Waals surface area (Å²) in [5.74, 6) is 4.97. The minimum absolute atomic E-state index is 0.220. The lowest BCUT2D eigenvalue weighted by atomic mass is 10.1. The zero-order valence-electron chi connectivity index (χ0n) is 13.0. The predicted molar refractivity (Wildman–Crippen MR) is 82.4 cm³/mol. The van der Waals surface area contributed by atoms with E-state index in [9.17, 15) is 4.39 Å². The van der Waals surface area contributed by atoms with Crippen LogP contribution in [0, 0.1) is 17.7 Å². The van der Waals surface area contributed by atoms with E-state index in [0.717, 1.165) is 13.0 Å². The Morgan fingerprint density at radius 3 is 2.76 bits per heavy atom. The van der Waals surface area contributed by atoms with Gasteiger partial charge in [0.25, 0.3) is 0 Å². The van der Waals surface area contributed by atoms with Gasteiger partial charge in [-0.2, -0.15) is 0 Å². The second-order valence-electron chi connectivity index (χ2n) is 4.99. The maximum absolute atomic E-state index is 14.1. The molecule has 0 saturated heterocycles. The van der Waals surface area contributed by atoms with E-state index in [4.69, 9.17) is 9.84 Å². The van der Waals surface area contributed by atoms with Gasteiger partial charge in [-0.1, -0.05) is 24.8 Å². The number of aliphatic hydroxyl groups excluding tert-OH is 1. The average molecular weight is 293 g/mol. The van der Waals surface area contributed by atoms with Gasteiger partial charge in [0.2, 0.25) is 0 Å². The van der Waals surface area contributed by atoms with Gasteiger partial charge in [0, 0.05) is 37.4 Å². The number of hydrogen-bond acceptors (Lipinski definition) is 3. The van der Waals surface area contributed by atoms with Gasteiger partial charge in [-0.05, 0) is 25.5 Å². The molecule has 1 unspecified atom stereocenters. The van der Waals surface area contributed by atoms with Gasteiger partial charge in [0.1, 0.15) is 12.4 Å². The quantitative estimate of drug-likeness (QED) is 0.784. The maximum Gasteiger partial charge on any atom is 0.128 e. The number of rotatable bonds is 7. The summed E-state index contributed by atoms with van der Waals surface area (Å²) in [5.41, 5.74) is 1.23. The summed E-state index contributed by atoms with van der Waals surface area (Å²) in [6, 6.07) is 5.34. The van der Waals surface area contributed by atoms with Gasteiger partial charge in [-0.3, -0.25) is 4.90 Å². The molecule has 0 aromatic heterocycles. The van der Waals surface area contributed by atoms with Crippen molar-refractivity contribution >= 4 is 0 Å². The number of hydrogen-bond donors (Lipinski definition) is 1. The average Bonchev–Trinajstić information content (AvgIpc) is 2.50. The van der Waals surface area contributed by atoms with Crippen molar-refractivity contribution in [2.24, 2.45) is 0 Å². The van der Waals surface area contributed by atoms with Gasteiger partial charge in [0.05, 0.1) is 6.61 Å². The fraction of sp³-hybridized carbons (Fsp3) is 0.529. The molecule has 0 aliphatic carbocycles. The first-order valence-corrected chi connectivity index (χ1v) is 7.23. The van der Waals surface area contributed by atoms with Gasteiger partial charge < -0.3 is 9.84 Å². The number of ether oxygens (including phenoxy) is 1. The standard InChI is InChI=1S/C17H24FNO2/c1-4-14(2)19(9-11-21-3)13-16-8-7-15(6-5-10-20)12-17(16)18/h7-8,12,14,20H,4,9-11,13H2,1-3H3. The Balaban J connectivity index is 2.83. The highest BCUT2D eigenvalue weighted by atomic mass is 19.1. The van der Waals surface area contributed by atoms with Crippen molar-refractivity contribution in [3.8, 4) is 11.8 Å². The first kappa shape index (κ1) is 17.6. The summed E-state index contributed by atoms with van der Waals surface area (Å²) in [7, 11) is 1.67. The molecule has 0 radical (unpaired) electrons. The normalized spacial score (nSPS) is 12.1. The van der Waals surface area contributed by atoms with E-state index < -0.39 is 0 Å². The molecule has 1 N–H and O–H groups in total. The topological polar surface area (TPSA) is 32.7 Å². The first-order valence-electron chi connectivity index (χ1n) is 7.23. The Bertz CT molecular complexity index is 493. The Kier molecular flexibility index (Phi) is 7.99. The summed E-state index contributed by atoms with van der Waals surface area (Å²) in [6.45, 7) is 5.99. The van der Waals surface area contributed by atoms with Crippen LogP contribution in [-0.4, -0.2) is 42.9 Å². The molecule has 0 aliphatic rings. The van der Waals surface area contributed by atoms with Crippen molar-refractivity contribution in [2.75, 3.05) is 26.9 Å². The summed E-state index contributed by atoms with van der Waals surface area (Å²) in [5, 5.41) is 8.66. The van der Waals surface area contributed by atoms with Gasteiger partial charge in [-0.25, -0.2) is 4.39 Å². The summed E-state index contributed by atoms with van der Waals surface area (Å²) >= 11 is 0. The van der Waals surface area contributed by atoms with Crippen molar-refractivity contribution < 1.29 is 14.2 Å². The second-order valence-corrected chi connectivity index (χ2v) is 4.99. The summed E-state index contributed by atoms with van der Waals surface area (Å²) in [6.07, 6.45) is 1.01. The highest BCUT2D eigenvalue weighted by Gasteiger charge is 2.14. The molecule has 116 valence electrons. The monoisotopic (exact) mass is 293 g/mol. The van der Waals surface area contributed by atoms with Gasteiger partial charge in [-0.15, -0.1) is 0 Å². The molecule has 4 heteroatoms. The lowest BCUT2D eigenvalue weighted by Gasteiger charge is -2.28. The van der Waals surface area contributed by atoms with E-state index in [-0.39, 0.29) is 12.4 Å². The second kappa shape index (κ2) is 9.51.